The maximum atomic E-state index is 12.6. The molecule has 1 aromatic rings. The molecule has 0 bridgehead atoms. The number of hydrogen-bond donors (Lipinski definition) is 2. The molecule has 7 heteroatoms. The van der Waals surface area contributed by atoms with Crippen LogP contribution in [0.1, 0.15) is 24.6 Å². The van der Waals surface area contributed by atoms with E-state index in [2.05, 4.69) is 15.6 Å². The van der Waals surface area contributed by atoms with Gasteiger partial charge in [-0.15, -0.1) is 0 Å². The van der Waals surface area contributed by atoms with E-state index in [1.54, 1.807) is 6.92 Å². The van der Waals surface area contributed by atoms with Gasteiger partial charge in [0.1, 0.15) is 11.5 Å². The van der Waals surface area contributed by atoms with Crippen LogP contribution in [-0.2, 0) is 11.0 Å². The summed E-state index contributed by atoms with van der Waals surface area (Å²) >= 11 is 0. The molecular formula is C13H16F3N3O. The highest BCUT2D eigenvalue weighted by Gasteiger charge is 2.33. The van der Waals surface area contributed by atoms with Crippen LogP contribution in [0.3, 0.4) is 0 Å². The van der Waals surface area contributed by atoms with Gasteiger partial charge in [0.25, 0.3) is 0 Å². The van der Waals surface area contributed by atoms with Gasteiger partial charge in [0.05, 0.1) is 6.04 Å². The Kier molecular flexibility index (Phi) is 3.99. The highest BCUT2D eigenvalue weighted by atomic mass is 19.4. The minimum Gasteiger partial charge on any atom is -0.309 e. The summed E-state index contributed by atoms with van der Waals surface area (Å²) < 4.78 is 37.8. The molecule has 2 N–H and O–H groups in total. The summed E-state index contributed by atoms with van der Waals surface area (Å²) in [5, 5.41) is 5.50. The van der Waals surface area contributed by atoms with Crippen molar-refractivity contribution < 1.29 is 18.0 Å². The number of rotatable bonds is 2. The van der Waals surface area contributed by atoms with Crippen molar-refractivity contribution in [3.8, 4) is 0 Å². The molecule has 1 aromatic heterocycles. The highest BCUT2D eigenvalue weighted by molar-refractivity contribution is 5.94. The van der Waals surface area contributed by atoms with Crippen molar-refractivity contribution in [2.45, 2.75) is 32.5 Å². The molecule has 1 aliphatic rings. The summed E-state index contributed by atoms with van der Waals surface area (Å²) in [6.45, 7) is 4.34. The zero-order chi connectivity index (χ0) is 14.9. The Morgan fingerprint density at radius 3 is 2.70 bits per heavy atom. The molecule has 0 radical (unpaired) electrons. The molecule has 0 aliphatic carbocycles. The summed E-state index contributed by atoms with van der Waals surface area (Å²) in [7, 11) is 0. The maximum Gasteiger partial charge on any atom is 0.433 e. The summed E-state index contributed by atoms with van der Waals surface area (Å²) in [6.07, 6.45) is -3.85. The first-order valence-electron chi connectivity index (χ1n) is 6.36. The van der Waals surface area contributed by atoms with Gasteiger partial charge >= 0.3 is 6.18 Å². The minimum atomic E-state index is -4.52. The van der Waals surface area contributed by atoms with Crippen LogP contribution in [-0.4, -0.2) is 23.5 Å². The molecule has 1 aliphatic heterocycles. The van der Waals surface area contributed by atoms with Crippen LogP contribution in [0.5, 0.6) is 0 Å². The number of halogens is 3. The molecule has 2 atom stereocenters. The lowest BCUT2D eigenvalue weighted by Crippen LogP contribution is -2.36. The van der Waals surface area contributed by atoms with Crippen molar-refractivity contribution >= 4 is 11.7 Å². The normalized spacial score (nSPS) is 22.9. The Labute approximate surface area is 114 Å². The fourth-order valence-electron chi connectivity index (χ4n) is 2.13. The van der Waals surface area contributed by atoms with E-state index < -0.39 is 11.9 Å². The van der Waals surface area contributed by atoms with Crippen LogP contribution in [0, 0.1) is 12.8 Å². The van der Waals surface area contributed by atoms with E-state index in [1.165, 1.54) is 6.07 Å². The fourth-order valence-corrected chi connectivity index (χ4v) is 2.13. The van der Waals surface area contributed by atoms with Gasteiger partial charge in [-0.1, -0.05) is 13.0 Å². The molecule has 1 saturated heterocycles. The SMILES string of the molecule is Cc1ccc(C(F)(F)F)nc1NC(=O)[C@@H]1C[C@H](C)CN1. The first-order valence-corrected chi connectivity index (χ1v) is 6.36. The van der Waals surface area contributed by atoms with Crippen molar-refractivity contribution in [3.63, 3.8) is 0 Å². The van der Waals surface area contributed by atoms with Crippen LogP contribution in [0.2, 0.25) is 0 Å². The topological polar surface area (TPSA) is 54.0 Å². The Bertz CT molecular complexity index is 516. The van der Waals surface area contributed by atoms with E-state index in [0.29, 0.717) is 17.9 Å². The number of carbonyl (C=O) groups is 1. The van der Waals surface area contributed by atoms with E-state index in [1.807, 2.05) is 6.92 Å². The smallest absolute Gasteiger partial charge is 0.309 e. The zero-order valence-electron chi connectivity index (χ0n) is 11.2. The molecule has 0 spiro atoms. The third-order valence-electron chi connectivity index (χ3n) is 3.30. The van der Waals surface area contributed by atoms with Gasteiger partial charge in [-0.2, -0.15) is 13.2 Å². The number of anilines is 1. The Hall–Kier alpha value is -1.63. The summed E-state index contributed by atoms with van der Waals surface area (Å²) in [5.41, 5.74) is -0.511. The van der Waals surface area contributed by atoms with E-state index in [4.69, 9.17) is 0 Å². The van der Waals surface area contributed by atoms with Gasteiger partial charge in [-0.25, -0.2) is 4.98 Å². The average Bonchev–Trinajstić information content (AvgIpc) is 2.77. The molecule has 2 rings (SSSR count). The maximum absolute atomic E-state index is 12.6. The van der Waals surface area contributed by atoms with E-state index in [9.17, 15) is 18.0 Å². The summed E-state index contributed by atoms with van der Waals surface area (Å²) in [6, 6.07) is 1.83. The van der Waals surface area contributed by atoms with Gasteiger partial charge in [0.15, 0.2) is 0 Å². The number of nitrogens with zero attached hydrogens (tertiary/aromatic N) is 1. The third-order valence-corrected chi connectivity index (χ3v) is 3.30. The van der Waals surface area contributed by atoms with E-state index >= 15 is 0 Å². The number of aromatic nitrogens is 1. The predicted molar refractivity (Wildman–Crippen MR) is 68.2 cm³/mol. The van der Waals surface area contributed by atoms with Crippen LogP contribution in [0.15, 0.2) is 12.1 Å². The number of aryl methyl sites for hydroxylation is 1. The summed E-state index contributed by atoms with van der Waals surface area (Å²) in [5.74, 6) is -0.00299. The number of amides is 1. The van der Waals surface area contributed by atoms with E-state index in [-0.39, 0.29) is 17.8 Å². The molecule has 20 heavy (non-hydrogen) atoms. The second kappa shape index (κ2) is 5.40. The summed E-state index contributed by atoms with van der Waals surface area (Å²) in [4.78, 5) is 15.5. The molecule has 1 fully saturated rings. The molecule has 2 heterocycles. The third kappa shape index (κ3) is 3.27. The number of carbonyl (C=O) groups excluding carboxylic acids is 1. The monoisotopic (exact) mass is 287 g/mol. The minimum absolute atomic E-state index is 0.0359. The van der Waals surface area contributed by atoms with Crippen LogP contribution < -0.4 is 10.6 Å². The predicted octanol–water partition coefficient (Wildman–Crippen LogP) is 2.35. The van der Waals surface area contributed by atoms with Crippen molar-refractivity contribution in [1.29, 1.82) is 0 Å². The fraction of sp³-hybridized carbons (Fsp3) is 0.538. The lowest BCUT2D eigenvalue weighted by atomic mass is 10.1. The van der Waals surface area contributed by atoms with Crippen LogP contribution in [0.4, 0.5) is 19.0 Å². The first-order chi connectivity index (χ1) is 9.27. The van der Waals surface area contributed by atoms with Gasteiger partial charge < -0.3 is 10.6 Å². The Balaban J connectivity index is 2.14. The quantitative estimate of drug-likeness (QED) is 0.878. The number of hydrogen-bond acceptors (Lipinski definition) is 3. The Morgan fingerprint density at radius 2 is 2.15 bits per heavy atom. The molecule has 0 unspecified atom stereocenters. The number of alkyl halides is 3. The van der Waals surface area contributed by atoms with Gasteiger partial charge in [-0.3, -0.25) is 4.79 Å². The van der Waals surface area contributed by atoms with Gasteiger partial charge in [-0.05, 0) is 37.4 Å². The Morgan fingerprint density at radius 1 is 1.45 bits per heavy atom. The molecular weight excluding hydrogens is 271 g/mol. The van der Waals surface area contributed by atoms with Crippen molar-refractivity contribution in [2.75, 3.05) is 11.9 Å². The van der Waals surface area contributed by atoms with Crippen molar-refractivity contribution in [2.24, 2.45) is 5.92 Å². The van der Waals surface area contributed by atoms with Crippen LogP contribution >= 0.6 is 0 Å². The van der Waals surface area contributed by atoms with Gasteiger partial charge in [0.2, 0.25) is 5.91 Å². The average molecular weight is 287 g/mol. The van der Waals surface area contributed by atoms with Crippen molar-refractivity contribution in [1.82, 2.24) is 10.3 Å². The lowest BCUT2D eigenvalue weighted by Gasteiger charge is -2.14. The van der Waals surface area contributed by atoms with Gasteiger partial charge in [0, 0.05) is 0 Å². The second-order valence-corrected chi connectivity index (χ2v) is 5.15. The molecule has 110 valence electrons. The molecule has 4 nitrogen and oxygen atoms in total. The van der Waals surface area contributed by atoms with Crippen LogP contribution in [0.25, 0.3) is 0 Å². The number of pyridine rings is 1. The lowest BCUT2D eigenvalue weighted by molar-refractivity contribution is -0.141. The second-order valence-electron chi connectivity index (χ2n) is 5.15. The van der Waals surface area contributed by atoms with Crippen molar-refractivity contribution in [3.05, 3.63) is 23.4 Å². The largest absolute Gasteiger partial charge is 0.433 e. The molecule has 1 amide bonds. The standard InChI is InChI=1S/C13H16F3N3O/c1-7-5-9(17-6-7)12(20)19-11-8(2)3-4-10(18-11)13(14,15)16/h3-4,7,9,17H,5-6H2,1-2H3,(H,18,19,20)/t7-,9-/m0/s1. The number of nitrogens with one attached hydrogen (secondary N) is 2. The first kappa shape index (κ1) is 14.8. The molecule has 0 aromatic carbocycles. The highest BCUT2D eigenvalue weighted by Crippen LogP contribution is 2.29. The zero-order valence-corrected chi connectivity index (χ0v) is 11.2. The molecule has 0 saturated carbocycles. The van der Waals surface area contributed by atoms with E-state index in [0.717, 1.165) is 12.6 Å².